The van der Waals surface area contributed by atoms with E-state index in [9.17, 15) is 9.59 Å². The number of carbonyl (C=O) groups is 1. The molecular weight excluding hydrogens is 619 g/mol. The minimum atomic E-state index is -0.724. The molecule has 0 amide bonds. The Bertz CT molecular complexity index is 1970. The van der Waals surface area contributed by atoms with Crippen LogP contribution in [0.25, 0.3) is 5.69 Å². The van der Waals surface area contributed by atoms with Crippen LogP contribution < -0.4 is 15.0 Å². The van der Waals surface area contributed by atoms with Crippen LogP contribution in [0, 0.1) is 0 Å². The molecule has 4 aromatic carbocycles. The molecule has 44 heavy (non-hydrogen) atoms. The number of Topliss-reactive ketones (excluding diaryl/α,β-unsaturated/α-hetero) is 1. The van der Waals surface area contributed by atoms with E-state index in [1.54, 1.807) is 60.7 Å². The lowest BCUT2D eigenvalue weighted by Gasteiger charge is -2.35. The topological polar surface area (TPSA) is 70.4 Å². The number of ether oxygens (including phenoxy) is 2. The van der Waals surface area contributed by atoms with Crippen molar-refractivity contribution in [3.8, 4) is 23.3 Å². The van der Waals surface area contributed by atoms with Crippen molar-refractivity contribution in [2.75, 3.05) is 0 Å². The van der Waals surface area contributed by atoms with Gasteiger partial charge in [-0.3, -0.25) is 9.59 Å². The second-order valence-corrected chi connectivity index (χ2v) is 12.0. The molecule has 0 saturated carbocycles. The van der Waals surface area contributed by atoms with Crippen molar-refractivity contribution in [3.63, 3.8) is 0 Å². The van der Waals surface area contributed by atoms with Gasteiger partial charge in [0.05, 0.1) is 17.2 Å². The van der Waals surface area contributed by atoms with Crippen LogP contribution in [0.15, 0.2) is 119 Å². The van der Waals surface area contributed by atoms with Gasteiger partial charge in [-0.25, -0.2) is 4.57 Å². The van der Waals surface area contributed by atoms with Crippen LogP contribution in [-0.4, -0.2) is 15.3 Å². The third-order valence-electron chi connectivity index (χ3n) is 7.90. The lowest BCUT2D eigenvalue weighted by molar-refractivity contribution is -0.117. The molecule has 1 aliphatic carbocycles. The Hall–Kier alpha value is -4.36. The molecule has 0 radical (unpaired) electrons. The molecule has 0 bridgehead atoms. The normalized spacial score (nSPS) is 17.5. The molecule has 2 atom stereocenters. The fourth-order valence-electron chi connectivity index (χ4n) is 5.84. The standard InChI is InChI=1S/C35H23Cl3N2O4/c36-23-8-6-21(7-9-23)30-31-28(41)18-22(20-4-2-1-3-5-20)19-29(31)44-33-32(30)34(42)40(26-14-10-24(37)11-15-26)35(39-33)43-27-16-12-25(38)13-17-27/h1-17,22,30H,18-19H2. The number of nitrogens with zero attached hydrogens (tertiary/aromatic N) is 2. The van der Waals surface area contributed by atoms with E-state index in [-0.39, 0.29) is 29.2 Å². The SMILES string of the molecule is O=C1CC(c2ccccc2)CC2=C1C(c1ccc(Cl)cc1)c1c(nc(Oc3ccc(Cl)cc3)n(-c3ccc(Cl)cc3)c1=O)O2. The molecule has 2 unspecified atom stereocenters. The van der Waals surface area contributed by atoms with Crippen LogP contribution in [0.5, 0.6) is 17.6 Å². The molecule has 1 aromatic heterocycles. The highest BCUT2D eigenvalue weighted by molar-refractivity contribution is 6.31. The van der Waals surface area contributed by atoms with Crippen molar-refractivity contribution in [2.24, 2.45) is 0 Å². The zero-order valence-electron chi connectivity index (χ0n) is 23.0. The summed E-state index contributed by atoms with van der Waals surface area (Å²) in [6.45, 7) is 0. The fourth-order valence-corrected chi connectivity index (χ4v) is 6.22. The number of aromatic nitrogens is 2. The summed E-state index contributed by atoms with van der Waals surface area (Å²) in [4.78, 5) is 33.4. The number of fused-ring (bicyclic) bond motifs is 1. The van der Waals surface area contributed by atoms with Crippen LogP contribution in [0.4, 0.5) is 0 Å². The van der Waals surface area contributed by atoms with E-state index >= 15 is 0 Å². The number of benzene rings is 4. The molecule has 1 aliphatic heterocycles. The molecule has 218 valence electrons. The number of ketones is 1. The Balaban J connectivity index is 1.44. The average Bonchev–Trinajstić information content (AvgIpc) is 3.03. The minimum absolute atomic E-state index is 0.0148. The Morgan fingerprint density at radius 2 is 1.34 bits per heavy atom. The minimum Gasteiger partial charge on any atom is -0.442 e. The first-order chi connectivity index (χ1) is 21.4. The Kier molecular flexibility index (Phi) is 7.50. The number of allylic oxidation sites excluding steroid dienone is 2. The lowest BCUT2D eigenvalue weighted by Crippen LogP contribution is -2.35. The third-order valence-corrected chi connectivity index (χ3v) is 8.65. The van der Waals surface area contributed by atoms with Gasteiger partial charge in [-0.2, -0.15) is 4.98 Å². The average molecular weight is 642 g/mol. The predicted molar refractivity (Wildman–Crippen MR) is 171 cm³/mol. The van der Waals surface area contributed by atoms with E-state index in [1.807, 2.05) is 42.5 Å². The Morgan fingerprint density at radius 3 is 2.00 bits per heavy atom. The number of halogens is 3. The molecule has 6 nitrogen and oxygen atoms in total. The quantitative estimate of drug-likeness (QED) is 0.192. The van der Waals surface area contributed by atoms with Crippen LogP contribution in [0.3, 0.4) is 0 Å². The van der Waals surface area contributed by atoms with Gasteiger partial charge in [-0.1, -0.05) is 77.3 Å². The van der Waals surface area contributed by atoms with Crippen molar-refractivity contribution in [1.82, 2.24) is 9.55 Å². The van der Waals surface area contributed by atoms with E-state index in [0.29, 0.717) is 50.7 Å². The molecular formula is C35H23Cl3N2O4. The summed E-state index contributed by atoms with van der Waals surface area (Å²) in [6.07, 6.45) is 0.770. The first kappa shape index (κ1) is 28.4. The van der Waals surface area contributed by atoms with Crippen molar-refractivity contribution in [1.29, 1.82) is 0 Å². The highest BCUT2D eigenvalue weighted by Crippen LogP contribution is 2.48. The van der Waals surface area contributed by atoms with Crippen molar-refractivity contribution >= 4 is 40.6 Å². The number of carbonyl (C=O) groups excluding carboxylic acids is 1. The molecule has 0 N–H and O–H groups in total. The number of rotatable bonds is 5. The van der Waals surface area contributed by atoms with Crippen molar-refractivity contribution in [3.05, 3.63) is 157 Å². The molecule has 0 saturated heterocycles. The van der Waals surface area contributed by atoms with Gasteiger partial charge in [-0.15, -0.1) is 0 Å². The van der Waals surface area contributed by atoms with Gasteiger partial charge >= 0.3 is 6.01 Å². The van der Waals surface area contributed by atoms with E-state index in [1.165, 1.54) is 4.57 Å². The lowest BCUT2D eigenvalue weighted by atomic mass is 9.74. The smallest absolute Gasteiger partial charge is 0.312 e. The van der Waals surface area contributed by atoms with E-state index in [0.717, 1.165) is 11.1 Å². The predicted octanol–water partition coefficient (Wildman–Crippen LogP) is 8.91. The Morgan fingerprint density at radius 1 is 0.727 bits per heavy atom. The van der Waals surface area contributed by atoms with Crippen molar-refractivity contribution < 1.29 is 14.3 Å². The summed E-state index contributed by atoms with van der Waals surface area (Å²) in [5.74, 6) is 0.128. The maximum Gasteiger partial charge on any atom is 0.312 e. The molecule has 2 aliphatic rings. The summed E-state index contributed by atoms with van der Waals surface area (Å²) in [7, 11) is 0. The summed E-state index contributed by atoms with van der Waals surface area (Å²) >= 11 is 18.5. The van der Waals surface area contributed by atoms with Crippen LogP contribution in [0.2, 0.25) is 15.1 Å². The summed E-state index contributed by atoms with van der Waals surface area (Å²) in [5, 5.41) is 1.58. The van der Waals surface area contributed by atoms with Crippen LogP contribution in [0.1, 0.15) is 41.4 Å². The van der Waals surface area contributed by atoms with E-state index in [4.69, 9.17) is 49.3 Å². The van der Waals surface area contributed by atoms with E-state index in [2.05, 4.69) is 0 Å². The van der Waals surface area contributed by atoms with Gasteiger partial charge in [0.25, 0.3) is 5.56 Å². The van der Waals surface area contributed by atoms with Gasteiger partial charge in [0.2, 0.25) is 5.88 Å². The largest absolute Gasteiger partial charge is 0.442 e. The first-order valence-corrected chi connectivity index (χ1v) is 15.1. The molecule has 9 heteroatoms. The first-order valence-electron chi connectivity index (χ1n) is 14.0. The van der Waals surface area contributed by atoms with Gasteiger partial charge in [0.15, 0.2) is 5.78 Å². The van der Waals surface area contributed by atoms with Gasteiger partial charge in [-0.05, 0) is 77.7 Å². The van der Waals surface area contributed by atoms with Crippen LogP contribution in [-0.2, 0) is 4.79 Å². The highest BCUT2D eigenvalue weighted by atomic mass is 35.5. The monoisotopic (exact) mass is 640 g/mol. The third kappa shape index (κ3) is 5.30. The second kappa shape index (κ2) is 11.6. The molecule has 7 rings (SSSR count). The molecule has 0 spiro atoms. The molecule has 5 aromatic rings. The van der Waals surface area contributed by atoms with E-state index < -0.39 is 11.5 Å². The van der Waals surface area contributed by atoms with Gasteiger partial charge < -0.3 is 9.47 Å². The Labute approximate surface area is 268 Å². The second-order valence-electron chi connectivity index (χ2n) is 10.6. The number of hydrogen-bond donors (Lipinski definition) is 0. The van der Waals surface area contributed by atoms with Gasteiger partial charge in [0.1, 0.15) is 11.5 Å². The maximum atomic E-state index is 14.6. The summed E-state index contributed by atoms with van der Waals surface area (Å²) in [6, 6.07) is 30.5. The van der Waals surface area contributed by atoms with Gasteiger partial charge in [0, 0.05) is 33.5 Å². The summed E-state index contributed by atoms with van der Waals surface area (Å²) in [5.41, 5.74) is 2.50. The zero-order valence-corrected chi connectivity index (χ0v) is 25.3. The maximum absolute atomic E-state index is 14.6. The highest BCUT2D eigenvalue weighted by Gasteiger charge is 2.43. The number of hydrogen-bond acceptors (Lipinski definition) is 5. The zero-order chi connectivity index (χ0) is 30.4. The molecule has 0 fully saturated rings. The molecule has 2 heterocycles. The fraction of sp³-hybridized carbons (Fsp3) is 0.114. The van der Waals surface area contributed by atoms with Crippen molar-refractivity contribution in [2.45, 2.75) is 24.7 Å². The summed E-state index contributed by atoms with van der Waals surface area (Å²) < 4.78 is 14.0. The van der Waals surface area contributed by atoms with Crippen LogP contribution >= 0.6 is 34.8 Å².